The third-order valence-corrected chi connectivity index (χ3v) is 9.62. The number of anilines is 2. The Hall–Kier alpha value is -3.17. The molecule has 39 heavy (non-hydrogen) atoms. The molecule has 8 nitrogen and oxygen atoms in total. The van der Waals surface area contributed by atoms with E-state index in [-0.39, 0.29) is 35.8 Å². The summed E-state index contributed by atoms with van der Waals surface area (Å²) in [5, 5.41) is 4.23. The van der Waals surface area contributed by atoms with Gasteiger partial charge in [-0.25, -0.2) is 9.78 Å². The second kappa shape index (κ2) is 10.1. The molecule has 0 bridgehead atoms. The molecular weight excluding hydrogens is 534 g/mol. The second-order valence-electron chi connectivity index (χ2n) is 11.0. The zero-order valence-electron chi connectivity index (χ0n) is 22.3. The van der Waals surface area contributed by atoms with Gasteiger partial charge in [0.15, 0.2) is 5.13 Å². The van der Waals surface area contributed by atoms with Gasteiger partial charge in [0.1, 0.15) is 6.04 Å². The van der Waals surface area contributed by atoms with Gasteiger partial charge in [-0.2, -0.15) is 0 Å². The number of halogens is 1. The van der Waals surface area contributed by atoms with E-state index in [9.17, 15) is 14.4 Å². The molecule has 10 heteroatoms. The zero-order valence-corrected chi connectivity index (χ0v) is 23.8. The van der Waals surface area contributed by atoms with Crippen LogP contribution in [0.4, 0.5) is 15.6 Å². The average molecular weight is 566 g/mol. The highest BCUT2D eigenvalue weighted by Crippen LogP contribution is 2.42. The third kappa shape index (κ3) is 4.55. The lowest BCUT2D eigenvalue weighted by atomic mass is 10.0. The van der Waals surface area contributed by atoms with Crippen molar-refractivity contribution in [3.8, 4) is 0 Å². The highest BCUT2D eigenvalue weighted by Gasteiger charge is 2.55. The van der Waals surface area contributed by atoms with Crippen molar-refractivity contribution in [2.24, 2.45) is 5.92 Å². The van der Waals surface area contributed by atoms with Gasteiger partial charge in [0, 0.05) is 23.8 Å². The van der Waals surface area contributed by atoms with Gasteiger partial charge in [-0.15, -0.1) is 0 Å². The Bertz CT molecular complexity index is 1440. The molecule has 3 aliphatic heterocycles. The first kappa shape index (κ1) is 26.1. The van der Waals surface area contributed by atoms with Crippen LogP contribution in [0.3, 0.4) is 0 Å². The van der Waals surface area contributed by atoms with Gasteiger partial charge in [0.2, 0.25) is 11.8 Å². The van der Waals surface area contributed by atoms with Crippen molar-refractivity contribution < 1.29 is 14.4 Å². The van der Waals surface area contributed by atoms with Crippen LogP contribution in [0.25, 0.3) is 10.2 Å². The summed E-state index contributed by atoms with van der Waals surface area (Å²) in [6, 6.07) is 12.2. The Morgan fingerprint density at radius 2 is 1.85 bits per heavy atom. The van der Waals surface area contributed by atoms with Crippen molar-refractivity contribution in [1.82, 2.24) is 14.8 Å². The lowest BCUT2D eigenvalue weighted by Gasteiger charge is -2.32. The van der Waals surface area contributed by atoms with E-state index in [2.05, 4.69) is 19.2 Å². The van der Waals surface area contributed by atoms with Crippen LogP contribution < -0.4 is 10.2 Å². The minimum Gasteiger partial charge on any atom is -0.335 e. The van der Waals surface area contributed by atoms with Crippen molar-refractivity contribution >= 4 is 61.8 Å². The van der Waals surface area contributed by atoms with Gasteiger partial charge in [-0.3, -0.25) is 14.5 Å². The number of aromatic nitrogens is 1. The Morgan fingerprint density at radius 3 is 2.59 bits per heavy atom. The normalized spacial score (nSPS) is 24.7. The van der Waals surface area contributed by atoms with Gasteiger partial charge in [0.25, 0.3) is 0 Å². The topological polar surface area (TPSA) is 85.8 Å². The number of hydrogen-bond donors (Lipinski definition) is 1. The standard InChI is InChI=1S/C29H32ClN5O3S/c1-16(2)18-6-9-20(10-7-18)31-28(38)33-13-4-5-23(33)27(37)34-14-12-22-25(34)17(3)26(36)35(22)29-32-21-15-19(30)8-11-24(21)39-29/h6-11,15-17,22-23,25H,4-5,12-14H2,1-3H3,(H,31,38)/t17-,22-,23-,25+/m0/s1. The molecule has 0 unspecified atom stereocenters. The molecule has 204 valence electrons. The molecule has 4 amide bonds. The fraction of sp³-hybridized carbons (Fsp3) is 0.448. The first-order valence-electron chi connectivity index (χ1n) is 13.6. The number of urea groups is 1. The molecule has 6 rings (SSSR count). The van der Waals surface area contributed by atoms with Crippen LogP contribution in [-0.2, 0) is 9.59 Å². The van der Waals surface area contributed by atoms with Crippen LogP contribution in [0.15, 0.2) is 42.5 Å². The molecule has 0 spiro atoms. The number of likely N-dealkylation sites (tertiary alicyclic amines) is 2. The van der Waals surface area contributed by atoms with E-state index in [1.807, 2.05) is 48.2 Å². The van der Waals surface area contributed by atoms with E-state index in [4.69, 9.17) is 16.6 Å². The van der Waals surface area contributed by atoms with Gasteiger partial charge in [-0.1, -0.05) is 55.8 Å². The number of benzene rings is 2. The summed E-state index contributed by atoms with van der Waals surface area (Å²) in [4.78, 5) is 50.6. The van der Waals surface area contributed by atoms with Crippen molar-refractivity contribution in [3.05, 3.63) is 53.1 Å². The molecule has 4 heterocycles. The van der Waals surface area contributed by atoms with Crippen molar-refractivity contribution in [1.29, 1.82) is 0 Å². The Labute approximate surface area is 236 Å². The van der Waals surface area contributed by atoms with Gasteiger partial charge in [0.05, 0.1) is 28.2 Å². The number of thiazole rings is 1. The number of nitrogens with zero attached hydrogens (tertiary/aromatic N) is 4. The highest BCUT2D eigenvalue weighted by molar-refractivity contribution is 7.22. The van der Waals surface area contributed by atoms with Crippen molar-refractivity contribution in [2.45, 2.75) is 64.1 Å². The number of hydrogen-bond acceptors (Lipinski definition) is 5. The summed E-state index contributed by atoms with van der Waals surface area (Å²) in [7, 11) is 0. The van der Waals surface area contributed by atoms with E-state index in [0.29, 0.717) is 47.7 Å². The molecular formula is C29H32ClN5O3S. The molecule has 3 saturated heterocycles. The fourth-order valence-corrected chi connectivity index (χ4v) is 7.48. The van der Waals surface area contributed by atoms with Crippen molar-refractivity contribution in [3.63, 3.8) is 0 Å². The lowest BCUT2D eigenvalue weighted by molar-refractivity contribution is -0.137. The molecule has 0 saturated carbocycles. The summed E-state index contributed by atoms with van der Waals surface area (Å²) < 4.78 is 0.968. The summed E-state index contributed by atoms with van der Waals surface area (Å²) in [6.07, 6.45) is 2.08. The number of nitrogens with one attached hydrogen (secondary N) is 1. The number of carbonyl (C=O) groups is 3. The minimum atomic E-state index is -0.528. The lowest BCUT2D eigenvalue weighted by Crippen LogP contribution is -2.52. The van der Waals surface area contributed by atoms with E-state index in [1.165, 1.54) is 16.9 Å². The second-order valence-corrected chi connectivity index (χ2v) is 12.5. The average Bonchev–Trinajstić information content (AvgIpc) is 3.69. The van der Waals surface area contributed by atoms with E-state index in [1.54, 1.807) is 15.9 Å². The predicted octanol–water partition coefficient (Wildman–Crippen LogP) is 5.72. The summed E-state index contributed by atoms with van der Waals surface area (Å²) in [5.74, 6) is -0.0184. The molecule has 1 N–H and O–H groups in total. The maximum atomic E-state index is 13.9. The first-order chi connectivity index (χ1) is 18.7. The SMILES string of the molecule is CC(C)c1ccc(NC(=O)N2CCC[C@H]2C(=O)N2CC[C@H]3[C@H]2[C@H](C)C(=O)N3c2nc3cc(Cl)ccc3s2)cc1. The van der Waals surface area contributed by atoms with Gasteiger partial charge >= 0.3 is 6.03 Å². The first-order valence-corrected chi connectivity index (χ1v) is 14.8. The number of fused-ring (bicyclic) bond motifs is 2. The van der Waals surface area contributed by atoms with Crippen LogP contribution in [0, 0.1) is 5.92 Å². The van der Waals surface area contributed by atoms with E-state index < -0.39 is 6.04 Å². The van der Waals surface area contributed by atoms with Gasteiger partial charge in [-0.05, 0) is 61.1 Å². The van der Waals surface area contributed by atoms with Crippen LogP contribution in [-0.4, -0.2) is 63.8 Å². The monoisotopic (exact) mass is 565 g/mol. The van der Waals surface area contributed by atoms with Crippen LogP contribution in [0.2, 0.25) is 5.02 Å². The summed E-state index contributed by atoms with van der Waals surface area (Å²) in [5.41, 5.74) is 2.69. The number of carbonyl (C=O) groups excluding carboxylic acids is 3. The van der Waals surface area contributed by atoms with Crippen molar-refractivity contribution in [2.75, 3.05) is 23.3 Å². The van der Waals surface area contributed by atoms with E-state index in [0.717, 1.165) is 16.6 Å². The maximum absolute atomic E-state index is 13.9. The maximum Gasteiger partial charge on any atom is 0.322 e. The Morgan fingerprint density at radius 1 is 1.08 bits per heavy atom. The smallest absolute Gasteiger partial charge is 0.322 e. The molecule has 0 radical (unpaired) electrons. The zero-order chi connectivity index (χ0) is 27.4. The fourth-order valence-electron chi connectivity index (χ4n) is 6.30. The van der Waals surface area contributed by atoms with Crippen LogP contribution in [0.1, 0.15) is 51.5 Å². The van der Waals surface area contributed by atoms with Gasteiger partial charge < -0.3 is 15.1 Å². The summed E-state index contributed by atoms with van der Waals surface area (Å²) in [6.45, 7) is 7.24. The highest BCUT2D eigenvalue weighted by atomic mass is 35.5. The molecule has 1 aromatic heterocycles. The molecule has 3 fully saturated rings. The van der Waals surface area contributed by atoms with E-state index >= 15 is 0 Å². The molecule has 0 aliphatic carbocycles. The number of amides is 4. The molecule has 3 aromatic rings. The predicted molar refractivity (Wildman–Crippen MR) is 154 cm³/mol. The third-order valence-electron chi connectivity index (χ3n) is 8.35. The Kier molecular flexibility index (Phi) is 6.75. The van der Waals surface area contributed by atoms with Crippen LogP contribution in [0.5, 0.6) is 0 Å². The Balaban J connectivity index is 1.18. The largest absolute Gasteiger partial charge is 0.335 e. The number of rotatable bonds is 4. The summed E-state index contributed by atoms with van der Waals surface area (Å²) >= 11 is 7.62. The molecule has 2 aromatic carbocycles. The molecule has 3 aliphatic rings. The minimum absolute atomic E-state index is 0.0153. The van der Waals surface area contributed by atoms with Crippen LogP contribution >= 0.6 is 22.9 Å². The molecule has 4 atom stereocenters. The quantitative estimate of drug-likeness (QED) is 0.438.